The van der Waals surface area contributed by atoms with Gasteiger partial charge in [0, 0.05) is 17.7 Å². The van der Waals surface area contributed by atoms with Crippen molar-refractivity contribution in [3.05, 3.63) is 34.8 Å². The van der Waals surface area contributed by atoms with E-state index in [4.69, 9.17) is 4.74 Å². The zero-order chi connectivity index (χ0) is 13.7. The van der Waals surface area contributed by atoms with E-state index >= 15 is 0 Å². The van der Waals surface area contributed by atoms with Gasteiger partial charge in [0.05, 0.1) is 11.8 Å². The number of anilines is 1. The molecule has 100 valence electrons. The number of aromatic nitrogens is 3. The van der Waals surface area contributed by atoms with E-state index in [2.05, 4.69) is 43.1 Å². The molecule has 6 heteroatoms. The Bertz CT molecular complexity index is 562. The van der Waals surface area contributed by atoms with Crippen LogP contribution in [0.25, 0.3) is 0 Å². The van der Waals surface area contributed by atoms with Crippen LogP contribution >= 0.6 is 15.9 Å². The third-order valence-corrected chi connectivity index (χ3v) is 2.97. The Kier molecular flexibility index (Phi) is 4.68. The molecule has 0 radical (unpaired) electrons. The van der Waals surface area contributed by atoms with Crippen LogP contribution < -0.4 is 10.1 Å². The first-order valence-corrected chi connectivity index (χ1v) is 6.84. The molecule has 1 N–H and O–H groups in total. The highest BCUT2D eigenvalue weighted by molar-refractivity contribution is 9.10. The summed E-state index contributed by atoms with van der Waals surface area (Å²) < 4.78 is 6.67. The lowest BCUT2D eigenvalue weighted by Gasteiger charge is -2.12. The summed E-state index contributed by atoms with van der Waals surface area (Å²) in [6.07, 6.45) is 6.70. The van der Waals surface area contributed by atoms with Gasteiger partial charge in [0.25, 0.3) is 0 Å². The van der Waals surface area contributed by atoms with Gasteiger partial charge in [0.1, 0.15) is 17.9 Å². The molecule has 0 saturated carbocycles. The Hall–Kier alpha value is -1.69. The number of hydrogen-bond acceptors (Lipinski definition) is 5. The predicted molar refractivity (Wildman–Crippen MR) is 77.6 cm³/mol. The average Bonchev–Trinajstić information content (AvgIpc) is 2.41. The maximum atomic E-state index is 5.80. The summed E-state index contributed by atoms with van der Waals surface area (Å²) in [5, 5.41) is 3.06. The second kappa shape index (κ2) is 6.47. The van der Waals surface area contributed by atoms with Crippen LogP contribution in [0.15, 0.2) is 29.3 Å². The van der Waals surface area contributed by atoms with E-state index in [-0.39, 0.29) is 0 Å². The molecule has 0 unspecified atom stereocenters. The van der Waals surface area contributed by atoms with Crippen LogP contribution in [0.5, 0.6) is 11.6 Å². The van der Waals surface area contributed by atoms with Crippen molar-refractivity contribution in [1.29, 1.82) is 0 Å². The zero-order valence-corrected chi connectivity index (χ0v) is 12.4. The fourth-order valence-corrected chi connectivity index (χ4v) is 2.08. The molecule has 0 atom stereocenters. The van der Waals surface area contributed by atoms with Crippen LogP contribution in [-0.2, 0) is 6.42 Å². The van der Waals surface area contributed by atoms with Gasteiger partial charge in [0.15, 0.2) is 0 Å². The number of ether oxygens (including phenoxy) is 1. The number of nitrogens with zero attached hydrogens (tertiary/aromatic N) is 3. The molecule has 2 rings (SSSR count). The van der Waals surface area contributed by atoms with E-state index in [0.29, 0.717) is 11.6 Å². The molecule has 19 heavy (non-hydrogen) atoms. The van der Waals surface area contributed by atoms with E-state index < -0.39 is 0 Å². The zero-order valence-electron chi connectivity index (χ0n) is 10.9. The summed E-state index contributed by atoms with van der Waals surface area (Å²) in [5.41, 5.74) is 0.979. The van der Waals surface area contributed by atoms with E-state index in [0.717, 1.165) is 28.7 Å². The van der Waals surface area contributed by atoms with E-state index in [1.54, 1.807) is 12.4 Å². The Morgan fingerprint density at radius 3 is 2.84 bits per heavy atom. The van der Waals surface area contributed by atoms with Crippen molar-refractivity contribution in [1.82, 2.24) is 15.0 Å². The summed E-state index contributed by atoms with van der Waals surface area (Å²) in [5.74, 6) is 2.02. The lowest BCUT2D eigenvalue weighted by Crippen LogP contribution is -2.03. The van der Waals surface area contributed by atoms with Crippen molar-refractivity contribution in [3.63, 3.8) is 0 Å². The Morgan fingerprint density at radius 1 is 1.32 bits per heavy atom. The van der Waals surface area contributed by atoms with Crippen LogP contribution in [0.2, 0.25) is 0 Å². The summed E-state index contributed by atoms with van der Waals surface area (Å²) in [7, 11) is 1.84. The maximum Gasteiger partial charge on any atom is 0.227 e. The van der Waals surface area contributed by atoms with Crippen molar-refractivity contribution >= 4 is 21.7 Å². The van der Waals surface area contributed by atoms with Crippen molar-refractivity contribution in [2.45, 2.75) is 19.8 Å². The first-order valence-electron chi connectivity index (χ1n) is 6.04. The molecule has 0 saturated heterocycles. The molecule has 0 aromatic carbocycles. The van der Waals surface area contributed by atoms with Crippen molar-refractivity contribution < 1.29 is 4.74 Å². The van der Waals surface area contributed by atoms with Crippen LogP contribution in [0, 0.1) is 0 Å². The minimum atomic E-state index is 0.570. The fraction of sp³-hybridized carbons (Fsp3) is 0.308. The van der Waals surface area contributed by atoms with Gasteiger partial charge in [-0.1, -0.05) is 13.3 Å². The lowest BCUT2D eigenvalue weighted by molar-refractivity contribution is 0.452. The van der Waals surface area contributed by atoms with Crippen molar-refractivity contribution in [2.24, 2.45) is 0 Å². The van der Waals surface area contributed by atoms with Crippen molar-refractivity contribution in [3.8, 4) is 11.6 Å². The van der Waals surface area contributed by atoms with Gasteiger partial charge in [-0.15, -0.1) is 0 Å². The molecule has 5 nitrogen and oxygen atoms in total. The smallest absolute Gasteiger partial charge is 0.227 e. The van der Waals surface area contributed by atoms with E-state index in [9.17, 15) is 0 Å². The standard InChI is InChI=1S/C13H15BrN4O/c1-3-4-11-12(15-2)17-8-18-13(11)19-10-5-9(14)6-16-7-10/h5-8H,3-4H2,1-2H3,(H,15,17,18). The number of halogens is 1. The summed E-state index contributed by atoms with van der Waals surface area (Å²) >= 11 is 3.37. The topological polar surface area (TPSA) is 59.9 Å². The van der Waals surface area contributed by atoms with Gasteiger partial charge in [0.2, 0.25) is 5.88 Å². The second-order valence-electron chi connectivity index (χ2n) is 3.95. The van der Waals surface area contributed by atoms with E-state index in [1.807, 2.05) is 13.1 Å². The molecule has 0 bridgehead atoms. The number of nitrogens with one attached hydrogen (secondary N) is 1. The van der Waals surface area contributed by atoms with Gasteiger partial charge >= 0.3 is 0 Å². The van der Waals surface area contributed by atoms with Gasteiger partial charge in [-0.05, 0) is 28.4 Å². The quantitative estimate of drug-likeness (QED) is 0.913. The highest BCUT2D eigenvalue weighted by atomic mass is 79.9. The molecule has 2 aromatic heterocycles. The summed E-state index contributed by atoms with van der Waals surface area (Å²) in [4.78, 5) is 12.5. The molecule has 0 fully saturated rings. The van der Waals surface area contributed by atoms with Crippen LogP contribution in [0.3, 0.4) is 0 Å². The van der Waals surface area contributed by atoms with Gasteiger partial charge in [-0.2, -0.15) is 0 Å². The fourth-order valence-electron chi connectivity index (χ4n) is 1.73. The number of hydrogen-bond donors (Lipinski definition) is 1. The second-order valence-corrected chi connectivity index (χ2v) is 4.86. The third kappa shape index (κ3) is 3.41. The van der Waals surface area contributed by atoms with Gasteiger partial charge < -0.3 is 10.1 Å². The number of pyridine rings is 1. The molecule has 2 aromatic rings. The molecular weight excluding hydrogens is 308 g/mol. The molecule has 0 aliphatic carbocycles. The first-order chi connectivity index (χ1) is 9.24. The Balaban J connectivity index is 2.33. The molecule has 0 aliphatic heterocycles. The number of rotatable bonds is 5. The summed E-state index contributed by atoms with van der Waals surface area (Å²) in [6.45, 7) is 2.11. The minimum absolute atomic E-state index is 0.570. The maximum absolute atomic E-state index is 5.80. The lowest BCUT2D eigenvalue weighted by atomic mass is 10.2. The minimum Gasteiger partial charge on any atom is -0.437 e. The third-order valence-electron chi connectivity index (χ3n) is 2.54. The van der Waals surface area contributed by atoms with Crippen LogP contribution in [0.1, 0.15) is 18.9 Å². The van der Waals surface area contributed by atoms with Gasteiger partial charge in [-0.3, -0.25) is 4.98 Å². The largest absolute Gasteiger partial charge is 0.437 e. The Labute approximate surface area is 120 Å². The molecule has 0 aliphatic rings. The predicted octanol–water partition coefficient (Wildman–Crippen LogP) is 3.42. The monoisotopic (exact) mass is 322 g/mol. The van der Waals surface area contributed by atoms with Crippen molar-refractivity contribution in [2.75, 3.05) is 12.4 Å². The Morgan fingerprint density at radius 2 is 2.16 bits per heavy atom. The SMILES string of the molecule is CCCc1c(NC)ncnc1Oc1cncc(Br)c1. The average molecular weight is 323 g/mol. The molecule has 0 spiro atoms. The van der Waals surface area contributed by atoms with Gasteiger partial charge in [-0.25, -0.2) is 9.97 Å². The molecule has 0 amide bonds. The van der Waals surface area contributed by atoms with E-state index in [1.165, 1.54) is 6.33 Å². The normalized spacial score (nSPS) is 10.3. The molecule has 2 heterocycles. The van der Waals surface area contributed by atoms with Crippen LogP contribution in [0.4, 0.5) is 5.82 Å². The molecular formula is C13H15BrN4O. The first kappa shape index (κ1) is 13.7. The highest BCUT2D eigenvalue weighted by Crippen LogP contribution is 2.28. The van der Waals surface area contributed by atoms with Crippen LogP contribution in [-0.4, -0.2) is 22.0 Å². The summed E-state index contributed by atoms with van der Waals surface area (Å²) in [6, 6.07) is 1.85. The highest BCUT2D eigenvalue weighted by Gasteiger charge is 2.12.